The van der Waals surface area contributed by atoms with Gasteiger partial charge in [0, 0.05) is 11.6 Å². The smallest absolute Gasteiger partial charge is 0.269 e. The highest BCUT2D eigenvalue weighted by Crippen LogP contribution is 2.22. The summed E-state index contributed by atoms with van der Waals surface area (Å²) >= 11 is 0. The van der Waals surface area contributed by atoms with E-state index < -0.39 is 5.91 Å². The summed E-state index contributed by atoms with van der Waals surface area (Å²) < 4.78 is 5.06. The molecule has 2 N–H and O–H groups in total. The number of carbonyl (C=O) groups excluding carboxylic acids is 2. The first-order chi connectivity index (χ1) is 10.9. The SMILES string of the molecule is CC(C)(C)c1ccc(C(=O)NNC(=O)/C=C/c2ccco2)cc1. The van der Waals surface area contributed by atoms with Gasteiger partial charge in [-0.25, -0.2) is 0 Å². The van der Waals surface area contributed by atoms with E-state index in [0.717, 1.165) is 5.56 Å². The van der Waals surface area contributed by atoms with Crippen molar-refractivity contribution in [3.63, 3.8) is 0 Å². The van der Waals surface area contributed by atoms with E-state index >= 15 is 0 Å². The van der Waals surface area contributed by atoms with Crippen molar-refractivity contribution in [1.29, 1.82) is 0 Å². The first-order valence-electron chi connectivity index (χ1n) is 7.29. The van der Waals surface area contributed by atoms with Crippen molar-refractivity contribution in [3.05, 3.63) is 65.6 Å². The highest BCUT2D eigenvalue weighted by atomic mass is 16.3. The number of hydrogen-bond acceptors (Lipinski definition) is 3. The number of hydrazine groups is 1. The molecule has 1 aromatic heterocycles. The molecule has 0 radical (unpaired) electrons. The number of rotatable bonds is 3. The molecule has 0 saturated carbocycles. The molecule has 0 saturated heterocycles. The number of amides is 2. The minimum Gasteiger partial charge on any atom is -0.465 e. The molecule has 0 aliphatic carbocycles. The quantitative estimate of drug-likeness (QED) is 0.676. The van der Waals surface area contributed by atoms with Crippen LogP contribution in [-0.2, 0) is 10.2 Å². The third kappa shape index (κ3) is 4.85. The molecule has 1 aromatic carbocycles. The van der Waals surface area contributed by atoms with E-state index in [1.54, 1.807) is 24.3 Å². The van der Waals surface area contributed by atoms with Crippen molar-refractivity contribution in [2.75, 3.05) is 0 Å². The van der Waals surface area contributed by atoms with E-state index in [-0.39, 0.29) is 11.3 Å². The molecule has 23 heavy (non-hydrogen) atoms. The summed E-state index contributed by atoms with van der Waals surface area (Å²) in [6.07, 6.45) is 4.31. The average molecular weight is 312 g/mol. The minimum absolute atomic E-state index is 0.0276. The lowest BCUT2D eigenvalue weighted by Crippen LogP contribution is -2.40. The molecule has 2 aromatic rings. The Bertz CT molecular complexity index is 693. The normalized spacial score (nSPS) is 11.4. The molecule has 2 amide bonds. The zero-order chi connectivity index (χ0) is 16.9. The summed E-state index contributed by atoms with van der Waals surface area (Å²) in [7, 11) is 0. The Kier molecular flexibility index (Phi) is 5.01. The summed E-state index contributed by atoms with van der Waals surface area (Å²) in [6, 6.07) is 10.7. The van der Waals surface area contributed by atoms with Crippen LogP contribution in [0.4, 0.5) is 0 Å². The molecular formula is C18H20N2O3. The summed E-state index contributed by atoms with van der Waals surface area (Å²) in [5, 5.41) is 0. The topological polar surface area (TPSA) is 71.3 Å². The van der Waals surface area contributed by atoms with Crippen LogP contribution in [0, 0.1) is 0 Å². The number of carbonyl (C=O) groups is 2. The Morgan fingerprint density at radius 2 is 1.74 bits per heavy atom. The van der Waals surface area contributed by atoms with Gasteiger partial charge in [0.25, 0.3) is 11.8 Å². The monoisotopic (exact) mass is 312 g/mol. The molecule has 0 fully saturated rings. The maximum atomic E-state index is 12.0. The van der Waals surface area contributed by atoms with Gasteiger partial charge in [-0.3, -0.25) is 20.4 Å². The predicted molar refractivity (Wildman–Crippen MR) is 88.5 cm³/mol. The van der Waals surface area contributed by atoms with E-state index in [0.29, 0.717) is 11.3 Å². The lowest BCUT2D eigenvalue weighted by molar-refractivity contribution is -0.117. The van der Waals surface area contributed by atoms with Crippen LogP contribution in [0.2, 0.25) is 0 Å². The van der Waals surface area contributed by atoms with Gasteiger partial charge in [-0.05, 0) is 41.3 Å². The van der Waals surface area contributed by atoms with E-state index in [2.05, 4.69) is 31.6 Å². The predicted octanol–water partition coefficient (Wildman–Crippen LogP) is 3.05. The standard InChI is InChI=1S/C18H20N2O3/c1-18(2,3)14-8-6-13(7-9-14)17(22)20-19-16(21)11-10-15-5-4-12-23-15/h4-12H,1-3H3,(H,19,21)(H,20,22)/b11-10+. The number of nitrogens with one attached hydrogen (secondary N) is 2. The molecule has 0 unspecified atom stereocenters. The highest BCUT2D eigenvalue weighted by Gasteiger charge is 2.14. The third-order valence-corrected chi connectivity index (χ3v) is 3.25. The summed E-state index contributed by atoms with van der Waals surface area (Å²) in [4.78, 5) is 23.6. The van der Waals surface area contributed by atoms with Crippen molar-refractivity contribution >= 4 is 17.9 Å². The largest absolute Gasteiger partial charge is 0.465 e. The fraction of sp³-hybridized carbons (Fsp3) is 0.222. The van der Waals surface area contributed by atoms with Gasteiger partial charge in [-0.1, -0.05) is 32.9 Å². The van der Waals surface area contributed by atoms with Gasteiger partial charge < -0.3 is 4.42 Å². The molecule has 120 valence electrons. The first kappa shape index (κ1) is 16.5. The fourth-order valence-corrected chi connectivity index (χ4v) is 1.90. The molecule has 1 heterocycles. The zero-order valence-electron chi connectivity index (χ0n) is 13.4. The molecular weight excluding hydrogens is 292 g/mol. The van der Waals surface area contributed by atoms with Crippen molar-refractivity contribution in [2.45, 2.75) is 26.2 Å². The first-order valence-corrected chi connectivity index (χ1v) is 7.29. The second kappa shape index (κ2) is 6.96. The minimum atomic E-state index is -0.443. The fourth-order valence-electron chi connectivity index (χ4n) is 1.90. The molecule has 2 rings (SSSR count). The molecule has 5 heteroatoms. The maximum absolute atomic E-state index is 12.0. The Hall–Kier alpha value is -2.82. The van der Waals surface area contributed by atoms with Crippen molar-refractivity contribution in [1.82, 2.24) is 10.9 Å². The van der Waals surface area contributed by atoms with E-state index in [1.807, 2.05) is 12.1 Å². The summed E-state index contributed by atoms with van der Waals surface area (Å²) in [5.74, 6) is -0.254. The van der Waals surface area contributed by atoms with Crippen molar-refractivity contribution < 1.29 is 14.0 Å². The second-order valence-corrected chi connectivity index (χ2v) is 6.12. The Balaban J connectivity index is 1.88. The van der Waals surface area contributed by atoms with Gasteiger partial charge in [0.05, 0.1) is 6.26 Å². The van der Waals surface area contributed by atoms with E-state index in [9.17, 15) is 9.59 Å². The highest BCUT2D eigenvalue weighted by molar-refractivity contribution is 5.97. The van der Waals surface area contributed by atoms with Crippen LogP contribution in [0.1, 0.15) is 42.5 Å². The van der Waals surface area contributed by atoms with E-state index in [1.165, 1.54) is 18.4 Å². The molecule has 5 nitrogen and oxygen atoms in total. The van der Waals surface area contributed by atoms with Gasteiger partial charge >= 0.3 is 0 Å². The van der Waals surface area contributed by atoms with Crippen LogP contribution in [-0.4, -0.2) is 11.8 Å². The zero-order valence-corrected chi connectivity index (χ0v) is 13.4. The van der Waals surface area contributed by atoms with E-state index in [4.69, 9.17) is 4.42 Å². The van der Waals surface area contributed by atoms with Crippen LogP contribution in [0.25, 0.3) is 6.08 Å². The van der Waals surface area contributed by atoms with Gasteiger partial charge in [-0.2, -0.15) is 0 Å². The van der Waals surface area contributed by atoms with Gasteiger partial charge in [0.1, 0.15) is 5.76 Å². The molecule has 0 aliphatic heterocycles. The Labute approximate surface area is 135 Å². The number of furan rings is 1. The number of hydrogen-bond donors (Lipinski definition) is 2. The van der Waals surface area contributed by atoms with Crippen molar-refractivity contribution in [2.24, 2.45) is 0 Å². The van der Waals surface area contributed by atoms with Crippen LogP contribution >= 0.6 is 0 Å². The van der Waals surface area contributed by atoms with Crippen LogP contribution in [0.3, 0.4) is 0 Å². The van der Waals surface area contributed by atoms with Crippen LogP contribution in [0.15, 0.2) is 53.2 Å². The average Bonchev–Trinajstić information content (AvgIpc) is 3.03. The van der Waals surface area contributed by atoms with Gasteiger partial charge in [-0.15, -0.1) is 0 Å². The lowest BCUT2D eigenvalue weighted by Gasteiger charge is -2.19. The Morgan fingerprint density at radius 1 is 1.04 bits per heavy atom. The summed E-state index contributed by atoms with van der Waals surface area (Å²) in [5.41, 5.74) is 6.33. The molecule has 0 bridgehead atoms. The Morgan fingerprint density at radius 3 is 2.30 bits per heavy atom. The number of benzene rings is 1. The van der Waals surface area contributed by atoms with Crippen LogP contribution < -0.4 is 10.9 Å². The van der Waals surface area contributed by atoms with Gasteiger partial charge in [0.2, 0.25) is 0 Å². The van der Waals surface area contributed by atoms with Gasteiger partial charge in [0.15, 0.2) is 0 Å². The van der Waals surface area contributed by atoms with Crippen LogP contribution in [0.5, 0.6) is 0 Å². The molecule has 0 aliphatic rings. The molecule has 0 atom stereocenters. The summed E-state index contributed by atoms with van der Waals surface area (Å²) in [6.45, 7) is 6.31. The molecule has 0 spiro atoms. The lowest BCUT2D eigenvalue weighted by atomic mass is 9.87. The van der Waals surface area contributed by atoms with Crippen molar-refractivity contribution in [3.8, 4) is 0 Å². The third-order valence-electron chi connectivity index (χ3n) is 3.25. The second-order valence-electron chi connectivity index (χ2n) is 6.12. The maximum Gasteiger partial charge on any atom is 0.269 e.